The Balaban J connectivity index is 2.08. The van der Waals surface area contributed by atoms with Gasteiger partial charge in [-0.15, -0.1) is 0 Å². The summed E-state index contributed by atoms with van der Waals surface area (Å²) in [6.07, 6.45) is 0.997. The number of piperidine rings is 1. The molecule has 1 aliphatic heterocycles. The number of hydrogen-bond acceptors (Lipinski definition) is 2. The van der Waals surface area contributed by atoms with Gasteiger partial charge in [0, 0.05) is 5.92 Å². The van der Waals surface area contributed by atoms with Gasteiger partial charge in [-0.25, -0.2) is 0 Å². The second-order valence-electron chi connectivity index (χ2n) is 2.80. The van der Waals surface area contributed by atoms with E-state index in [9.17, 15) is 4.79 Å². The predicted molar refractivity (Wildman–Crippen MR) is 30.6 cm³/mol. The van der Waals surface area contributed by atoms with Gasteiger partial charge in [0.25, 0.3) is 0 Å². The van der Waals surface area contributed by atoms with Gasteiger partial charge in [0.1, 0.15) is 0 Å². The van der Waals surface area contributed by atoms with Crippen molar-refractivity contribution < 1.29 is 9.90 Å². The van der Waals surface area contributed by atoms with E-state index in [-0.39, 0.29) is 24.5 Å². The number of nitrogens with one attached hydrogen (secondary N) is 1. The highest BCUT2D eigenvalue weighted by Crippen LogP contribution is 2.45. The molecule has 50 valence electrons. The van der Waals surface area contributed by atoms with Crippen molar-refractivity contribution in [1.29, 1.82) is 0 Å². The number of aliphatic hydroxyl groups is 1. The van der Waals surface area contributed by atoms with Crippen LogP contribution in [0.25, 0.3) is 0 Å². The number of carbonyl (C=O) groups excluding carboxylic acids is 1. The number of rotatable bonds is 1. The van der Waals surface area contributed by atoms with E-state index in [1.165, 1.54) is 0 Å². The van der Waals surface area contributed by atoms with E-state index in [4.69, 9.17) is 5.11 Å². The van der Waals surface area contributed by atoms with Gasteiger partial charge in [0.2, 0.25) is 5.91 Å². The van der Waals surface area contributed by atoms with Crippen molar-refractivity contribution >= 4 is 5.91 Å². The Labute approximate surface area is 53.1 Å². The average molecular weight is 127 g/mol. The normalized spacial score (nSPS) is 46.3. The molecule has 0 aromatic carbocycles. The lowest BCUT2D eigenvalue weighted by Gasteiger charge is -2.07. The van der Waals surface area contributed by atoms with Gasteiger partial charge >= 0.3 is 0 Å². The van der Waals surface area contributed by atoms with Crippen LogP contribution in [-0.2, 0) is 4.79 Å². The van der Waals surface area contributed by atoms with E-state index in [1.807, 2.05) is 0 Å². The van der Waals surface area contributed by atoms with Crippen LogP contribution < -0.4 is 5.32 Å². The van der Waals surface area contributed by atoms with Gasteiger partial charge in [0.05, 0.1) is 12.6 Å². The minimum absolute atomic E-state index is 0.0718. The quantitative estimate of drug-likeness (QED) is 0.480. The molecular formula is C6H9NO2. The van der Waals surface area contributed by atoms with Crippen molar-refractivity contribution in [2.45, 2.75) is 12.5 Å². The SMILES string of the molecule is O=C1N[C@H](CO)[C@H]2C[C@H]12. The Morgan fingerprint density at radius 3 is 2.78 bits per heavy atom. The number of hydrogen-bond donors (Lipinski definition) is 2. The van der Waals surface area contributed by atoms with E-state index < -0.39 is 0 Å². The highest BCUT2D eigenvalue weighted by Gasteiger charge is 2.53. The molecule has 2 N–H and O–H groups in total. The lowest BCUT2D eigenvalue weighted by Crippen LogP contribution is -2.32. The number of aliphatic hydroxyl groups excluding tert-OH is 1. The van der Waals surface area contributed by atoms with Crippen molar-refractivity contribution in [3.05, 3.63) is 0 Å². The molecule has 2 rings (SSSR count). The molecule has 2 aliphatic rings. The summed E-state index contributed by atoms with van der Waals surface area (Å²) in [5, 5.41) is 11.4. The molecule has 1 amide bonds. The number of amides is 1. The van der Waals surface area contributed by atoms with Crippen molar-refractivity contribution in [2.75, 3.05) is 6.61 Å². The van der Waals surface area contributed by atoms with Gasteiger partial charge in [-0.2, -0.15) is 0 Å². The Bertz CT molecular complexity index is 157. The van der Waals surface area contributed by atoms with Crippen molar-refractivity contribution in [1.82, 2.24) is 5.32 Å². The fourth-order valence-corrected chi connectivity index (χ4v) is 1.54. The standard InChI is InChI=1S/C6H9NO2/c8-2-5-3-1-4(3)6(9)7-5/h3-5,8H,1-2H2,(H,7,9)/t3-,4-,5+/m0/s1. The minimum Gasteiger partial charge on any atom is -0.394 e. The molecule has 1 saturated heterocycles. The first-order chi connectivity index (χ1) is 4.33. The molecule has 1 heterocycles. The van der Waals surface area contributed by atoms with Crippen LogP contribution >= 0.6 is 0 Å². The van der Waals surface area contributed by atoms with E-state index in [0.29, 0.717) is 5.92 Å². The van der Waals surface area contributed by atoms with Crippen LogP contribution in [0.5, 0.6) is 0 Å². The average Bonchev–Trinajstić information content (AvgIpc) is 2.56. The first kappa shape index (κ1) is 5.23. The Morgan fingerprint density at radius 1 is 1.78 bits per heavy atom. The van der Waals surface area contributed by atoms with Gasteiger partial charge in [0.15, 0.2) is 0 Å². The maximum Gasteiger partial charge on any atom is 0.223 e. The van der Waals surface area contributed by atoms with Crippen LogP contribution in [0.15, 0.2) is 0 Å². The number of fused-ring (bicyclic) bond motifs is 1. The van der Waals surface area contributed by atoms with Crippen LogP contribution in [0.2, 0.25) is 0 Å². The molecule has 0 aromatic rings. The van der Waals surface area contributed by atoms with Gasteiger partial charge < -0.3 is 10.4 Å². The van der Waals surface area contributed by atoms with Crippen LogP contribution in [-0.4, -0.2) is 23.7 Å². The Hall–Kier alpha value is -0.570. The van der Waals surface area contributed by atoms with Gasteiger partial charge in [-0.05, 0) is 12.3 Å². The van der Waals surface area contributed by atoms with Crippen molar-refractivity contribution in [3.8, 4) is 0 Å². The Kier molecular flexibility index (Phi) is 0.858. The smallest absolute Gasteiger partial charge is 0.223 e. The molecule has 0 radical (unpaired) electrons. The summed E-state index contributed by atoms with van der Waals surface area (Å²) in [5.41, 5.74) is 0. The summed E-state index contributed by atoms with van der Waals surface area (Å²) in [6.45, 7) is 0.104. The molecule has 0 bridgehead atoms. The molecule has 9 heavy (non-hydrogen) atoms. The first-order valence-electron chi connectivity index (χ1n) is 3.24. The molecule has 0 aromatic heterocycles. The molecule has 3 nitrogen and oxygen atoms in total. The van der Waals surface area contributed by atoms with Crippen LogP contribution in [0.4, 0.5) is 0 Å². The van der Waals surface area contributed by atoms with Crippen LogP contribution in [0.3, 0.4) is 0 Å². The molecule has 0 spiro atoms. The zero-order valence-electron chi connectivity index (χ0n) is 5.00. The lowest BCUT2D eigenvalue weighted by atomic mass is 10.2. The van der Waals surface area contributed by atoms with Crippen molar-refractivity contribution in [2.24, 2.45) is 11.8 Å². The lowest BCUT2D eigenvalue weighted by molar-refractivity contribution is -0.121. The fraction of sp³-hybridized carbons (Fsp3) is 0.833. The molecule has 3 atom stereocenters. The second kappa shape index (κ2) is 1.48. The summed E-state index contributed by atoms with van der Waals surface area (Å²) < 4.78 is 0. The monoisotopic (exact) mass is 127 g/mol. The first-order valence-corrected chi connectivity index (χ1v) is 3.24. The summed E-state index contributed by atoms with van der Waals surface area (Å²) in [5.74, 6) is 0.851. The molecule has 3 heteroatoms. The van der Waals surface area contributed by atoms with E-state index in [2.05, 4.69) is 5.32 Å². The zero-order valence-corrected chi connectivity index (χ0v) is 5.00. The topological polar surface area (TPSA) is 49.3 Å². The summed E-state index contributed by atoms with van der Waals surface area (Å²) in [4.78, 5) is 10.8. The molecular weight excluding hydrogens is 118 g/mol. The fourth-order valence-electron chi connectivity index (χ4n) is 1.54. The highest BCUT2D eigenvalue weighted by atomic mass is 16.3. The maximum atomic E-state index is 10.8. The van der Waals surface area contributed by atoms with Gasteiger partial charge in [-0.3, -0.25) is 4.79 Å². The van der Waals surface area contributed by atoms with Crippen molar-refractivity contribution in [3.63, 3.8) is 0 Å². The number of carbonyl (C=O) groups is 1. The molecule has 0 unspecified atom stereocenters. The largest absolute Gasteiger partial charge is 0.394 e. The van der Waals surface area contributed by atoms with Gasteiger partial charge in [-0.1, -0.05) is 0 Å². The molecule has 1 aliphatic carbocycles. The zero-order chi connectivity index (χ0) is 6.43. The molecule has 1 saturated carbocycles. The summed E-state index contributed by atoms with van der Waals surface area (Å²) in [6, 6.07) is 0.0718. The third-order valence-corrected chi connectivity index (χ3v) is 2.22. The minimum atomic E-state index is 0.0718. The van der Waals surface area contributed by atoms with E-state index >= 15 is 0 Å². The summed E-state index contributed by atoms with van der Waals surface area (Å²) in [7, 11) is 0. The predicted octanol–water partition coefficient (Wildman–Crippen LogP) is -0.887. The van der Waals surface area contributed by atoms with E-state index in [1.54, 1.807) is 0 Å². The van der Waals surface area contributed by atoms with Crippen LogP contribution in [0, 0.1) is 11.8 Å². The maximum absolute atomic E-state index is 10.8. The third-order valence-electron chi connectivity index (χ3n) is 2.22. The second-order valence-corrected chi connectivity index (χ2v) is 2.80. The van der Waals surface area contributed by atoms with Crippen LogP contribution in [0.1, 0.15) is 6.42 Å². The third kappa shape index (κ3) is 0.580. The van der Waals surface area contributed by atoms with E-state index in [0.717, 1.165) is 6.42 Å². The summed E-state index contributed by atoms with van der Waals surface area (Å²) >= 11 is 0. The molecule has 2 fully saturated rings. The Morgan fingerprint density at radius 2 is 2.56 bits per heavy atom. The highest BCUT2D eigenvalue weighted by molar-refractivity contribution is 5.85.